The van der Waals surface area contributed by atoms with E-state index in [0.29, 0.717) is 17.4 Å². The first-order valence-electron chi connectivity index (χ1n) is 11.1. The average Bonchev–Trinajstić information content (AvgIpc) is 3.23. The van der Waals surface area contributed by atoms with E-state index in [2.05, 4.69) is 30.9 Å². The molecular weight excluding hydrogens is 444 g/mol. The highest BCUT2D eigenvalue weighted by atomic mass is 35.5. The van der Waals surface area contributed by atoms with Gasteiger partial charge >= 0.3 is 0 Å². The summed E-state index contributed by atoms with van der Waals surface area (Å²) in [6, 6.07) is 6.21. The largest absolute Gasteiger partial charge is 0.495 e. The van der Waals surface area contributed by atoms with E-state index in [4.69, 9.17) is 21.4 Å². The van der Waals surface area contributed by atoms with E-state index in [1.807, 2.05) is 24.4 Å². The average molecular weight is 473 g/mol. The Bertz CT molecular complexity index is 1100. The van der Waals surface area contributed by atoms with Gasteiger partial charge in [0, 0.05) is 35.8 Å². The standard InChI is InChI=1S/C23H29ClN6O3/c1-33-17-10-18-19(12-27-23(18)26-11-17)14-8-20(24)30-21(9-14)28-15-2-4-16(5-3-15)29-22(32)13-25-6-7-31/h8-12,15-16,25,31H,2-7,13H2,1H3,(H,26,27)(H,28,30)(H,29,32)/t15-,16-. The molecular formula is C23H29ClN6O3. The SMILES string of the molecule is COc1cnc2[nH]cc(-c3cc(Cl)nc(N[C@H]4CC[C@H](NC(=O)CNCCO)CC4)c3)c2c1. The van der Waals surface area contributed by atoms with Crippen molar-refractivity contribution in [3.63, 3.8) is 0 Å². The minimum atomic E-state index is -0.0362. The highest BCUT2D eigenvalue weighted by Gasteiger charge is 2.23. The molecule has 0 radical (unpaired) electrons. The summed E-state index contributed by atoms with van der Waals surface area (Å²) in [5.74, 6) is 1.38. The minimum Gasteiger partial charge on any atom is -0.495 e. The predicted octanol–water partition coefficient (Wildman–Crippen LogP) is 2.71. The van der Waals surface area contributed by atoms with Gasteiger partial charge in [0.15, 0.2) is 0 Å². The number of hydrogen-bond donors (Lipinski definition) is 5. The van der Waals surface area contributed by atoms with Crippen LogP contribution in [0.15, 0.2) is 30.6 Å². The fourth-order valence-corrected chi connectivity index (χ4v) is 4.42. The number of rotatable bonds is 9. The van der Waals surface area contributed by atoms with E-state index in [9.17, 15) is 4.79 Å². The first-order valence-corrected chi connectivity index (χ1v) is 11.5. The predicted molar refractivity (Wildman–Crippen MR) is 129 cm³/mol. The molecule has 3 aromatic heterocycles. The lowest BCUT2D eigenvalue weighted by atomic mass is 9.91. The van der Waals surface area contributed by atoms with Crippen molar-refractivity contribution in [1.29, 1.82) is 0 Å². The zero-order valence-corrected chi connectivity index (χ0v) is 19.3. The maximum absolute atomic E-state index is 12.0. The third-order valence-corrected chi connectivity index (χ3v) is 6.06. The summed E-state index contributed by atoms with van der Waals surface area (Å²) < 4.78 is 5.32. The van der Waals surface area contributed by atoms with Crippen molar-refractivity contribution in [3.8, 4) is 16.9 Å². The highest BCUT2D eigenvalue weighted by molar-refractivity contribution is 6.29. The zero-order chi connectivity index (χ0) is 23.2. The van der Waals surface area contributed by atoms with Crippen molar-refractivity contribution < 1.29 is 14.6 Å². The number of amides is 1. The van der Waals surface area contributed by atoms with E-state index >= 15 is 0 Å². The molecule has 4 rings (SSSR count). The number of halogens is 1. The van der Waals surface area contributed by atoms with Crippen molar-refractivity contribution >= 4 is 34.4 Å². The Morgan fingerprint density at radius 2 is 2.03 bits per heavy atom. The topological polar surface area (TPSA) is 124 Å². The fraction of sp³-hybridized carbons (Fsp3) is 0.435. The van der Waals surface area contributed by atoms with Gasteiger partial charge in [0.05, 0.1) is 26.5 Å². The van der Waals surface area contributed by atoms with Crippen LogP contribution in [0.25, 0.3) is 22.2 Å². The van der Waals surface area contributed by atoms with E-state index < -0.39 is 0 Å². The third-order valence-electron chi connectivity index (χ3n) is 5.87. The molecule has 0 bridgehead atoms. The Kier molecular flexibility index (Phi) is 7.64. The molecule has 3 heterocycles. The monoisotopic (exact) mass is 472 g/mol. The Hall–Kier alpha value is -2.88. The minimum absolute atomic E-state index is 0.0225. The number of anilines is 1. The quantitative estimate of drug-likeness (QED) is 0.239. The molecule has 33 heavy (non-hydrogen) atoms. The van der Waals surface area contributed by atoms with Gasteiger partial charge < -0.3 is 30.8 Å². The van der Waals surface area contributed by atoms with Crippen molar-refractivity contribution in [2.24, 2.45) is 0 Å². The van der Waals surface area contributed by atoms with Gasteiger partial charge in [-0.15, -0.1) is 0 Å². The van der Waals surface area contributed by atoms with Crippen molar-refractivity contribution in [1.82, 2.24) is 25.6 Å². The molecule has 176 valence electrons. The van der Waals surface area contributed by atoms with Crippen LogP contribution >= 0.6 is 11.6 Å². The van der Waals surface area contributed by atoms with Crippen LogP contribution in [0.1, 0.15) is 25.7 Å². The number of aliphatic hydroxyl groups excluding tert-OH is 1. The molecule has 5 N–H and O–H groups in total. The maximum Gasteiger partial charge on any atom is 0.234 e. The second-order valence-corrected chi connectivity index (χ2v) is 8.59. The molecule has 1 fully saturated rings. The summed E-state index contributed by atoms with van der Waals surface area (Å²) in [5.41, 5.74) is 2.69. The molecule has 9 nitrogen and oxygen atoms in total. The number of methoxy groups -OCH3 is 1. The molecule has 1 aliphatic carbocycles. The number of nitrogens with zero attached hydrogens (tertiary/aromatic N) is 2. The van der Waals surface area contributed by atoms with Crippen LogP contribution in [-0.2, 0) is 4.79 Å². The molecule has 0 atom stereocenters. The number of pyridine rings is 2. The van der Waals surface area contributed by atoms with Crippen LogP contribution < -0.4 is 20.7 Å². The van der Waals surface area contributed by atoms with Crippen molar-refractivity contribution in [3.05, 3.63) is 35.7 Å². The summed E-state index contributed by atoms with van der Waals surface area (Å²) in [7, 11) is 1.62. The summed E-state index contributed by atoms with van der Waals surface area (Å²) >= 11 is 6.36. The normalized spacial score (nSPS) is 18.3. The van der Waals surface area contributed by atoms with E-state index in [0.717, 1.165) is 53.7 Å². The summed E-state index contributed by atoms with van der Waals surface area (Å²) in [6.07, 6.45) is 7.23. The smallest absolute Gasteiger partial charge is 0.234 e. The lowest BCUT2D eigenvalue weighted by molar-refractivity contribution is -0.121. The first-order chi connectivity index (χ1) is 16.1. The Labute approximate surface area is 197 Å². The summed E-state index contributed by atoms with van der Waals surface area (Å²) in [5, 5.41) is 19.6. The Balaban J connectivity index is 1.39. The van der Waals surface area contributed by atoms with Crippen LogP contribution in [0.2, 0.25) is 5.15 Å². The molecule has 1 amide bonds. The van der Waals surface area contributed by atoms with E-state index in [-0.39, 0.29) is 31.1 Å². The van der Waals surface area contributed by atoms with Crippen molar-refractivity contribution in [2.75, 3.05) is 32.1 Å². The highest BCUT2D eigenvalue weighted by Crippen LogP contribution is 2.33. The number of aliphatic hydroxyl groups is 1. The molecule has 3 aromatic rings. The van der Waals surface area contributed by atoms with Gasteiger partial charge in [-0.3, -0.25) is 4.79 Å². The molecule has 1 saturated carbocycles. The number of aromatic amines is 1. The lowest BCUT2D eigenvalue weighted by Crippen LogP contribution is -2.44. The molecule has 0 unspecified atom stereocenters. The Morgan fingerprint density at radius 1 is 1.24 bits per heavy atom. The van der Waals surface area contributed by atoms with Gasteiger partial charge in [0.1, 0.15) is 22.4 Å². The number of fused-ring (bicyclic) bond motifs is 1. The van der Waals surface area contributed by atoms with Gasteiger partial charge in [-0.05, 0) is 49.4 Å². The molecule has 1 aliphatic rings. The number of carbonyl (C=O) groups excluding carboxylic acids is 1. The van der Waals surface area contributed by atoms with Gasteiger partial charge in [-0.1, -0.05) is 11.6 Å². The van der Waals surface area contributed by atoms with E-state index in [1.54, 1.807) is 13.3 Å². The fourth-order valence-electron chi connectivity index (χ4n) is 4.21. The van der Waals surface area contributed by atoms with Gasteiger partial charge in [0.2, 0.25) is 5.91 Å². The van der Waals surface area contributed by atoms with Gasteiger partial charge in [-0.2, -0.15) is 0 Å². The van der Waals surface area contributed by atoms with Crippen LogP contribution in [0.3, 0.4) is 0 Å². The number of aromatic nitrogens is 3. The second kappa shape index (κ2) is 10.8. The lowest BCUT2D eigenvalue weighted by Gasteiger charge is -2.30. The first kappa shape index (κ1) is 23.3. The van der Waals surface area contributed by atoms with Crippen LogP contribution in [0, 0.1) is 0 Å². The van der Waals surface area contributed by atoms with E-state index in [1.165, 1.54) is 0 Å². The number of nitrogens with one attached hydrogen (secondary N) is 4. The van der Waals surface area contributed by atoms with Crippen LogP contribution in [0.4, 0.5) is 5.82 Å². The molecule has 10 heteroatoms. The number of ether oxygens (including phenoxy) is 1. The van der Waals surface area contributed by atoms with Gasteiger partial charge in [0.25, 0.3) is 0 Å². The van der Waals surface area contributed by atoms with Crippen LogP contribution in [-0.4, -0.2) is 64.9 Å². The number of hydrogen-bond acceptors (Lipinski definition) is 7. The van der Waals surface area contributed by atoms with Crippen LogP contribution in [0.5, 0.6) is 5.75 Å². The molecule has 0 saturated heterocycles. The zero-order valence-electron chi connectivity index (χ0n) is 18.5. The third kappa shape index (κ3) is 5.93. The van der Waals surface area contributed by atoms with Gasteiger partial charge in [-0.25, -0.2) is 9.97 Å². The maximum atomic E-state index is 12.0. The molecule has 0 aliphatic heterocycles. The molecule has 0 aromatic carbocycles. The van der Waals surface area contributed by atoms with Crippen molar-refractivity contribution in [2.45, 2.75) is 37.8 Å². The number of H-pyrrole nitrogens is 1. The molecule has 0 spiro atoms. The summed E-state index contributed by atoms with van der Waals surface area (Å²) in [4.78, 5) is 24.0. The number of carbonyl (C=O) groups is 1. The summed E-state index contributed by atoms with van der Waals surface area (Å²) in [6.45, 7) is 0.666. The second-order valence-electron chi connectivity index (χ2n) is 8.20. The Morgan fingerprint density at radius 3 is 2.79 bits per heavy atom.